The lowest BCUT2D eigenvalue weighted by Gasteiger charge is -2.72. The third kappa shape index (κ3) is 4.94. The highest BCUT2D eigenvalue weighted by molar-refractivity contribution is 5.66. The zero-order chi connectivity index (χ0) is 34.4. The second-order valence-corrected chi connectivity index (χ2v) is 18.9. The Hall–Kier alpha value is -2.10. The summed E-state index contributed by atoms with van der Waals surface area (Å²) in [5.74, 6) is 2.89. The van der Waals surface area contributed by atoms with Gasteiger partial charge in [-0.2, -0.15) is 0 Å². The van der Waals surface area contributed by atoms with E-state index in [9.17, 15) is 9.18 Å². The molecule has 0 amide bonds. The van der Waals surface area contributed by atoms with Gasteiger partial charge in [-0.3, -0.25) is 4.79 Å². The molecule has 1 aromatic rings. The monoisotopic (exact) mass is 657 g/mol. The molecule has 10 atom stereocenters. The van der Waals surface area contributed by atoms with Gasteiger partial charge in [0.15, 0.2) is 0 Å². The summed E-state index contributed by atoms with van der Waals surface area (Å²) in [4.78, 5) is 12.1. The smallest absolute Gasteiger partial charge is 0.302 e. The van der Waals surface area contributed by atoms with Crippen LogP contribution in [0, 0.1) is 62.5 Å². The maximum atomic E-state index is 14.8. The van der Waals surface area contributed by atoms with Crippen molar-refractivity contribution in [3.63, 3.8) is 0 Å². The van der Waals surface area contributed by atoms with Crippen molar-refractivity contribution in [2.24, 2.45) is 56.7 Å². The maximum Gasteiger partial charge on any atom is 0.302 e. The van der Waals surface area contributed by atoms with Gasteiger partial charge in [0.2, 0.25) is 0 Å². The van der Waals surface area contributed by atoms with Gasteiger partial charge in [-0.05, 0) is 140 Å². The molecule has 6 aliphatic carbocycles. The molecular weight excluding hydrogens is 593 g/mol. The third-order valence-corrected chi connectivity index (χ3v) is 16.6. The Kier molecular flexibility index (Phi) is 8.39. The minimum absolute atomic E-state index is 0.0171. The molecule has 0 radical (unpaired) electrons. The van der Waals surface area contributed by atoms with Crippen LogP contribution in [0.15, 0.2) is 41.1 Å². The quantitative estimate of drug-likeness (QED) is 0.244. The SMILES string of the molecule is CCc1ccc(CNC(=C2CC2)[C@]23CC[C@@H](C)[C@H](C)C2C2=CCC4[C@@]5(C)CC[C@H](OC(C)=O)C(C)(C)C5CC[C@@]4(C)[C@]2(C)CC3)cc1F. The van der Waals surface area contributed by atoms with Crippen LogP contribution in [0.25, 0.3) is 0 Å². The van der Waals surface area contributed by atoms with Gasteiger partial charge in [0.1, 0.15) is 11.9 Å². The van der Waals surface area contributed by atoms with Crippen LogP contribution in [-0.2, 0) is 22.5 Å². The van der Waals surface area contributed by atoms with Gasteiger partial charge in [-0.15, -0.1) is 0 Å². The van der Waals surface area contributed by atoms with Crippen LogP contribution < -0.4 is 5.32 Å². The summed E-state index contributed by atoms with van der Waals surface area (Å²) in [6.45, 7) is 22.2. The second-order valence-electron chi connectivity index (χ2n) is 18.9. The lowest BCUT2D eigenvalue weighted by molar-refractivity contribution is -0.212. The van der Waals surface area contributed by atoms with Gasteiger partial charge in [-0.1, -0.05) is 84.7 Å². The van der Waals surface area contributed by atoms with Crippen LogP contribution in [0.4, 0.5) is 4.39 Å². The van der Waals surface area contributed by atoms with Crippen LogP contribution in [-0.4, -0.2) is 12.1 Å². The highest BCUT2D eigenvalue weighted by Crippen LogP contribution is 2.76. The van der Waals surface area contributed by atoms with E-state index in [0.29, 0.717) is 36.1 Å². The summed E-state index contributed by atoms with van der Waals surface area (Å²) in [5, 5.41) is 4.05. The number of aryl methyl sites for hydroxylation is 1. The van der Waals surface area contributed by atoms with Gasteiger partial charge < -0.3 is 10.1 Å². The molecular formula is C44H64FNO2. The van der Waals surface area contributed by atoms with E-state index in [2.05, 4.69) is 65.9 Å². The number of benzene rings is 1. The van der Waals surface area contributed by atoms with Crippen molar-refractivity contribution in [2.75, 3.05) is 0 Å². The molecule has 0 saturated heterocycles. The molecule has 264 valence electrons. The van der Waals surface area contributed by atoms with Gasteiger partial charge >= 0.3 is 5.97 Å². The molecule has 5 fully saturated rings. The Morgan fingerprint density at radius 1 is 0.958 bits per heavy atom. The molecule has 0 heterocycles. The van der Waals surface area contributed by atoms with Crippen molar-refractivity contribution >= 4 is 5.97 Å². The number of carbonyl (C=O) groups is 1. The van der Waals surface area contributed by atoms with Crippen molar-refractivity contribution in [1.29, 1.82) is 0 Å². The molecule has 0 bridgehead atoms. The Bertz CT molecular complexity index is 1520. The van der Waals surface area contributed by atoms with E-state index in [1.807, 2.05) is 13.0 Å². The molecule has 3 nitrogen and oxygen atoms in total. The first kappa shape index (κ1) is 34.4. The number of rotatable bonds is 6. The summed E-state index contributed by atoms with van der Waals surface area (Å²) in [6, 6.07) is 5.88. The van der Waals surface area contributed by atoms with Crippen molar-refractivity contribution in [1.82, 2.24) is 5.32 Å². The second kappa shape index (κ2) is 11.7. The summed E-state index contributed by atoms with van der Waals surface area (Å²) >= 11 is 0. The zero-order valence-corrected chi connectivity index (χ0v) is 31.7. The number of esters is 1. The largest absolute Gasteiger partial charge is 0.462 e. The predicted molar refractivity (Wildman–Crippen MR) is 193 cm³/mol. The number of halogens is 1. The van der Waals surface area contributed by atoms with E-state index in [1.165, 1.54) is 57.8 Å². The molecule has 0 aliphatic heterocycles. The van der Waals surface area contributed by atoms with E-state index in [-0.39, 0.29) is 45.0 Å². The molecule has 1 N–H and O–H groups in total. The van der Waals surface area contributed by atoms with E-state index in [0.717, 1.165) is 30.4 Å². The molecule has 0 aromatic heterocycles. The molecule has 1 aromatic carbocycles. The number of fused-ring (bicyclic) bond motifs is 7. The minimum Gasteiger partial charge on any atom is -0.462 e. The maximum absolute atomic E-state index is 14.8. The first-order valence-corrected chi connectivity index (χ1v) is 19.7. The fraction of sp³-hybridized carbons (Fsp3) is 0.750. The Labute approximate surface area is 291 Å². The number of ether oxygens (including phenoxy) is 1. The van der Waals surface area contributed by atoms with Crippen LogP contribution in [0.2, 0.25) is 0 Å². The molecule has 6 aliphatic rings. The van der Waals surface area contributed by atoms with E-state index >= 15 is 0 Å². The fourth-order valence-electron chi connectivity index (χ4n) is 13.4. The van der Waals surface area contributed by atoms with Crippen LogP contribution in [0.1, 0.15) is 144 Å². The van der Waals surface area contributed by atoms with Crippen molar-refractivity contribution in [3.8, 4) is 0 Å². The fourth-order valence-corrected chi connectivity index (χ4v) is 13.4. The van der Waals surface area contributed by atoms with Gasteiger partial charge in [0.05, 0.1) is 0 Å². The van der Waals surface area contributed by atoms with Gasteiger partial charge in [-0.25, -0.2) is 4.39 Å². The topological polar surface area (TPSA) is 38.3 Å². The predicted octanol–water partition coefficient (Wildman–Crippen LogP) is 11.1. The lowest BCUT2D eigenvalue weighted by Crippen LogP contribution is -2.65. The number of hydrogen-bond donors (Lipinski definition) is 1. The van der Waals surface area contributed by atoms with Crippen LogP contribution in [0.5, 0.6) is 0 Å². The standard InChI is InChI=1S/C44H64FNO2/c1-10-31-12-11-30(25-34(31)45)26-46-39(32-13-14-32)44-22-17-27(2)28(3)38(44)33-15-16-36-41(7)20-19-37(48-29(4)47)40(5,6)35(41)18-21-43(36,9)42(33,8)23-24-44/h11-12,15,25,27-28,35-38,46H,10,13-14,16-24,26H2,1-9H3/t27-,28+,35?,36?,37+,38?,41+,42-,43-,44+/m1/s1. The molecule has 0 spiro atoms. The Morgan fingerprint density at radius 3 is 2.38 bits per heavy atom. The number of nitrogens with one attached hydrogen (secondary N) is 1. The first-order chi connectivity index (χ1) is 22.6. The third-order valence-electron chi connectivity index (χ3n) is 16.6. The van der Waals surface area contributed by atoms with E-state index in [4.69, 9.17) is 4.74 Å². The summed E-state index contributed by atoms with van der Waals surface area (Å²) < 4.78 is 20.8. The summed E-state index contributed by atoms with van der Waals surface area (Å²) in [7, 11) is 0. The Balaban J connectivity index is 1.24. The first-order valence-electron chi connectivity index (χ1n) is 19.7. The van der Waals surface area contributed by atoms with Gasteiger partial charge in [0.25, 0.3) is 0 Å². The molecule has 5 saturated carbocycles. The number of carbonyl (C=O) groups excluding carboxylic acids is 1. The van der Waals surface area contributed by atoms with E-state index in [1.54, 1.807) is 29.8 Å². The summed E-state index contributed by atoms with van der Waals surface area (Å²) in [6.07, 6.45) is 16.8. The van der Waals surface area contributed by atoms with Crippen LogP contribution >= 0.6 is 0 Å². The number of hydrogen-bond acceptors (Lipinski definition) is 3. The zero-order valence-electron chi connectivity index (χ0n) is 31.7. The van der Waals surface area contributed by atoms with Crippen molar-refractivity contribution in [2.45, 2.75) is 152 Å². The minimum atomic E-state index is -0.131. The van der Waals surface area contributed by atoms with Gasteiger partial charge in [0, 0.05) is 30.0 Å². The molecule has 48 heavy (non-hydrogen) atoms. The van der Waals surface area contributed by atoms with E-state index < -0.39 is 0 Å². The molecule has 4 heteroatoms. The molecule has 3 unspecified atom stereocenters. The normalized spacial score (nSPS) is 42.7. The summed E-state index contributed by atoms with van der Waals surface area (Å²) in [5.41, 5.74) is 7.63. The molecule has 7 rings (SSSR count). The lowest BCUT2D eigenvalue weighted by atomic mass is 9.33. The highest BCUT2D eigenvalue weighted by Gasteiger charge is 2.69. The number of allylic oxidation sites excluding steroid dienone is 4. The Morgan fingerprint density at radius 2 is 1.71 bits per heavy atom. The van der Waals surface area contributed by atoms with Crippen molar-refractivity contribution < 1.29 is 13.9 Å². The average molecular weight is 658 g/mol. The highest BCUT2D eigenvalue weighted by atomic mass is 19.1. The average Bonchev–Trinajstić information content (AvgIpc) is 3.86. The van der Waals surface area contributed by atoms with Crippen LogP contribution in [0.3, 0.4) is 0 Å². The van der Waals surface area contributed by atoms with Crippen molar-refractivity contribution in [3.05, 3.63) is 58.1 Å².